The highest BCUT2D eigenvalue weighted by atomic mass is 32.2. The Kier molecular flexibility index (Phi) is 8.82. The average Bonchev–Trinajstić information content (AvgIpc) is 2.68. The molecular formula is C23H32N2O2S. The van der Waals surface area contributed by atoms with E-state index in [2.05, 4.69) is 10.6 Å². The predicted octanol–water partition coefficient (Wildman–Crippen LogP) is 4.94. The molecule has 1 N–H and O–H groups in total. The third-order valence-electron chi connectivity index (χ3n) is 4.92. The van der Waals surface area contributed by atoms with Gasteiger partial charge >= 0.3 is 0 Å². The Bertz CT molecular complexity index is 898. The molecule has 0 aromatic heterocycles. The summed E-state index contributed by atoms with van der Waals surface area (Å²) in [6.07, 6.45) is 13.8. The van der Waals surface area contributed by atoms with Gasteiger partial charge in [0.05, 0.1) is 4.90 Å². The lowest BCUT2D eigenvalue weighted by molar-refractivity contribution is 0.562. The highest BCUT2D eigenvalue weighted by Crippen LogP contribution is 2.30. The summed E-state index contributed by atoms with van der Waals surface area (Å²) in [4.78, 5) is 2.35. The highest BCUT2D eigenvalue weighted by Gasteiger charge is 2.17. The maximum Gasteiger partial charge on any atom is 0.241 e. The van der Waals surface area contributed by atoms with E-state index in [-0.39, 0.29) is 0 Å². The van der Waals surface area contributed by atoms with Crippen molar-refractivity contribution in [1.82, 2.24) is 4.72 Å². The maximum absolute atomic E-state index is 12.8. The Balaban J connectivity index is 1.88. The number of sulfonamides is 1. The van der Waals surface area contributed by atoms with E-state index in [0.29, 0.717) is 11.4 Å². The van der Waals surface area contributed by atoms with E-state index < -0.39 is 10.0 Å². The van der Waals surface area contributed by atoms with Crippen molar-refractivity contribution in [1.29, 1.82) is 0 Å². The topological polar surface area (TPSA) is 49.4 Å². The molecule has 0 aliphatic carbocycles. The molecule has 0 bridgehead atoms. The van der Waals surface area contributed by atoms with Crippen LogP contribution >= 0.6 is 0 Å². The summed E-state index contributed by atoms with van der Waals surface area (Å²) in [5, 5.41) is 1.70. The fourth-order valence-corrected chi connectivity index (χ4v) is 4.70. The zero-order valence-corrected chi connectivity index (χ0v) is 17.9. The minimum Gasteiger partial charge on any atom is -0.377 e. The molecule has 0 radical (unpaired) electrons. The van der Waals surface area contributed by atoms with Crippen molar-refractivity contribution in [2.24, 2.45) is 0 Å². The molecule has 28 heavy (non-hydrogen) atoms. The molecule has 5 heteroatoms. The quantitative estimate of drug-likeness (QED) is 0.406. The lowest BCUT2D eigenvalue weighted by Gasteiger charge is -2.17. The van der Waals surface area contributed by atoms with Crippen LogP contribution in [-0.4, -0.2) is 29.1 Å². The minimum atomic E-state index is -3.52. The first-order chi connectivity index (χ1) is 13.5. The van der Waals surface area contributed by atoms with Crippen LogP contribution < -0.4 is 9.62 Å². The molecular weight excluding hydrogens is 368 g/mol. The van der Waals surface area contributed by atoms with Crippen LogP contribution in [0.15, 0.2) is 41.3 Å². The summed E-state index contributed by atoms with van der Waals surface area (Å²) >= 11 is 0. The van der Waals surface area contributed by atoms with E-state index >= 15 is 0 Å². The number of rotatable bonds is 12. The normalized spacial score (nSPS) is 11.5. The van der Waals surface area contributed by atoms with Crippen LogP contribution in [0.5, 0.6) is 0 Å². The first-order valence-electron chi connectivity index (χ1n) is 10.1. The van der Waals surface area contributed by atoms with Crippen molar-refractivity contribution in [3.63, 3.8) is 0 Å². The zero-order valence-electron chi connectivity index (χ0n) is 17.1. The second kappa shape index (κ2) is 11.1. The van der Waals surface area contributed by atoms with Gasteiger partial charge in [-0.05, 0) is 25.0 Å². The number of hydrogen-bond donors (Lipinski definition) is 1. The Labute approximate surface area is 170 Å². The molecule has 0 saturated carbocycles. The van der Waals surface area contributed by atoms with Gasteiger partial charge in [-0.15, -0.1) is 12.3 Å². The summed E-state index contributed by atoms with van der Waals surface area (Å²) in [7, 11) is 0.399. The molecule has 0 amide bonds. The number of nitrogens with zero attached hydrogens (tertiary/aromatic N) is 1. The van der Waals surface area contributed by atoms with Gasteiger partial charge in [0.15, 0.2) is 0 Å². The van der Waals surface area contributed by atoms with E-state index in [0.717, 1.165) is 48.6 Å². The second-order valence-corrected chi connectivity index (χ2v) is 9.08. The van der Waals surface area contributed by atoms with Crippen LogP contribution in [0.25, 0.3) is 10.8 Å². The van der Waals surface area contributed by atoms with Crippen LogP contribution in [0, 0.1) is 12.3 Å². The molecule has 0 spiro atoms. The Hall–Kier alpha value is -2.03. The maximum atomic E-state index is 12.8. The number of hydrogen-bond acceptors (Lipinski definition) is 3. The van der Waals surface area contributed by atoms with Crippen LogP contribution in [0.4, 0.5) is 5.69 Å². The van der Waals surface area contributed by atoms with Crippen LogP contribution in [0.2, 0.25) is 0 Å². The predicted molar refractivity (Wildman–Crippen MR) is 119 cm³/mol. The van der Waals surface area contributed by atoms with Gasteiger partial charge in [0.2, 0.25) is 10.0 Å². The van der Waals surface area contributed by atoms with Crippen molar-refractivity contribution in [3.05, 3.63) is 36.4 Å². The number of anilines is 1. The number of benzene rings is 2. The molecule has 2 aromatic rings. The molecule has 2 rings (SSSR count). The van der Waals surface area contributed by atoms with Gasteiger partial charge < -0.3 is 4.90 Å². The number of terminal acetylenes is 1. The van der Waals surface area contributed by atoms with E-state index in [1.807, 2.05) is 49.3 Å². The zero-order chi connectivity index (χ0) is 20.4. The molecule has 0 saturated heterocycles. The largest absolute Gasteiger partial charge is 0.377 e. The van der Waals surface area contributed by atoms with Crippen LogP contribution in [0.1, 0.15) is 51.4 Å². The van der Waals surface area contributed by atoms with Gasteiger partial charge in [-0.2, -0.15) is 0 Å². The van der Waals surface area contributed by atoms with E-state index in [1.54, 1.807) is 6.07 Å². The minimum absolute atomic E-state index is 0.349. The number of fused-ring (bicyclic) bond motifs is 1. The first-order valence-corrected chi connectivity index (χ1v) is 11.6. The van der Waals surface area contributed by atoms with Gasteiger partial charge in [0, 0.05) is 43.5 Å². The highest BCUT2D eigenvalue weighted by molar-refractivity contribution is 7.89. The third-order valence-corrected chi connectivity index (χ3v) is 6.44. The van der Waals surface area contributed by atoms with Crippen LogP contribution in [0.3, 0.4) is 0 Å². The molecule has 2 aromatic carbocycles. The van der Waals surface area contributed by atoms with Gasteiger partial charge in [-0.25, -0.2) is 13.1 Å². The van der Waals surface area contributed by atoms with Crippen molar-refractivity contribution < 1.29 is 8.42 Å². The summed E-state index contributed by atoms with van der Waals surface area (Å²) < 4.78 is 28.4. The SMILES string of the molecule is C#CCCCCCCCCCNS(=O)(=O)c1cccc2c(N(C)C)cccc12. The van der Waals surface area contributed by atoms with Gasteiger partial charge in [0.25, 0.3) is 0 Å². The van der Waals surface area contributed by atoms with Crippen molar-refractivity contribution in [3.8, 4) is 12.3 Å². The number of unbranched alkanes of at least 4 members (excludes halogenated alkanes) is 7. The van der Waals surface area contributed by atoms with Crippen molar-refractivity contribution >= 4 is 26.5 Å². The van der Waals surface area contributed by atoms with Crippen LogP contribution in [-0.2, 0) is 10.0 Å². The standard InChI is InChI=1S/C23H32N2O2S/c1-4-5-6-7-8-9-10-11-12-19-24-28(26,27)23-18-14-15-20-21(23)16-13-17-22(20)25(2)3/h1,13-18,24H,5-12,19H2,2-3H3. The summed E-state index contributed by atoms with van der Waals surface area (Å²) in [5.74, 6) is 2.67. The van der Waals surface area contributed by atoms with Gasteiger partial charge in [-0.3, -0.25) is 0 Å². The monoisotopic (exact) mass is 400 g/mol. The smallest absolute Gasteiger partial charge is 0.241 e. The fourth-order valence-electron chi connectivity index (χ4n) is 3.41. The van der Waals surface area contributed by atoms with E-state index in [4.69, 9.17) is 6.42 Å². The molecule has 0 fully saturated rings. The molecule has 152 valence electrons. The average molecular weight is 401 g/mol. The third kappa shape index (κ3) is 6.25. The summed E-state index contributed by atoms with van der Waals surface area (Å²) in [6.45, 7) is 0.475. The lowest BCUT2D eigenvalue weighted by atomic mass is 10.1. The molecule has 0 aliphatic rings. The molecule has 0 aliphatic heterocycles. The Morgan fingerprint density at radius 3 is 2.18 bits per heavy atom. The molecule has 0 unspecified atom stereocenters. The summed E-state index contributed by atoms with van der Waals surface area (Å²) in [6, 6.07) is 11.2. The summed E-state index contributed by atoms with van der Waals surface area (Å²) in [5.41, 5.74) is 1.01. The van der Waals surface area contributed by atoms with E-state index in [1.165, 1.54) is 19.3 Å². The van der Waals surface area contributed by atoms with E-state index in [9.17, 15) is 8.42 Å². The lowest BCUT2D eigenvalue weighted by Crippen LogP contribution is -2.25. The van der Waals surface area contributed by atoms with Crippen molar-refractivity contribution in [2.75, 3.05) is 25.5 Å². The number of nitrogens with one attached hydrogen (secondary N) is 1. The first kappa shape index (κ1) is 22.3. The molecule has 0 atom stereocenters. The fraction of sp³-hybridized carbons (Fsp3) is 0.478. The Morgan fingerprint density at radius 2 is 1.50 bits per heavy atom. The second-order valence-electron chi connectivity index (χ2n) is 7.35. The molecule has 4 nitrogen and oxygen atoms in total. The molecule has 0 heterocycles. The van der Waals surface area contributed by atoms with Gasteiger partial charge in [-0.1, -0.05) is 56.4 Å². The Morgan fingerprint density at radius 1 is 0.893 bits per heavy atom. The van der Waals surface area contributed by atoms with Crippen molar-refractivity contribution in [2.45, 2.75) is 56.3 Å². The van der Waals surface area contributed by atoms with Gasteiger partial charge in [0.1, 0.15) is 0 Å².